The Morgan fingerprint density at radius 3 is 2.24 bits per heavy atom. The molecule has 7 heteroatoms. The molecule has 7 nitrogen and oxygen atoms in total. The number of carbonyl (C=O) groups excluding carboxylic acids is 2. The molecular formula is C14H18N2O5. The maximum absolute atomic E-state index is 11.9. The van der Waals surface area contributed by atoms with Crippen molar-refractivity contribution in [1.29, 1.82) is 0 Å². The Hall–Kier alpha value is -2.41. The van der Waals surface area contributed by atoms with Crippen molar-refractivity contribution in [3.05, 3.63) is 29.3 Å². The van der Waals surface area contributed by atoms with Crippen molar-refractivity contribution >= 4 is 23.6 Å². The molecular weight excluding hydrogens is 276 g/mol. The normalized spacial score (nSPS) is 10.0. The van der Waals surface area contributed by atoms with Crippen molar-refractivity contribution in [2.24, 2.45) is 0 Å². The third kappa shape index (κ3) is 5.62. The molecule has 0 saturated heterocycles. The number of aryl methyl sites for hydroxylation is 2. The molecule has 2 N–H and O–H groups in total. The van der Waals surface area contributed by atoms with Gasteiger partial charge in [0.2, 0.25) is 0 Å². The minimum atomic E-state index is -1.18. The Balaban J connectivity index is 2.58. The molecule has 0 aromatic heterocycles. The molecule has 0 spiro atoms. The van der Waals surface area contributed by atoms with Gasteiger partial charge in [0.1, 0.15) is 13.2 Å². The van der Waals surface area contributed by atoms with E-state index in [2.05, 4.69) is 10.1 Å². The molecule has 0 heterocycles. The van der Waals surface area contributed by atoms with Crippen LogP contribution in [0.1, 0.15) is 11.1 Å². The number of carboxylic acid groups (broad SMARTS) is 1. The predicted octanol–water partition coefficient (Wildman–Crippen LogP) is 1.08. The highest BCUT2D eigenvalue weighted by Crippen LogP contribution is 2.17. The quantitative estimate of drug-likeness (QED) is 0.847. The van der Waals surface area contributed by atoms with Crippen molar-refractivity contribution in [1.82, 2.24) is 5.32 Å². The van der Waals surface area contributed by atoms with Crippen LogP contribution in [0.4, 0.5) is 10.5 Å². The molecule has 21 heavy (non-hydrogen) atoms. The molecule has 0 aliphatic rings. The standard InChI is InChI=1S/C14H18N2O5/c1-9-4-10(2)6-11(5-9)16(3)14(20)15-12(17)7-21-8-13(18)19/h4-6H,7-8H2,1-3H3,(H,18,19)(H,15,17,20). The maximum Gasteiger partial charge on any atom is 0.329 e. The molecule has 0 saturated carbocycles. The van der Waals surface area contributed by atoms with Gasteiger partial charge < -0.3 is 9.84 Å². The number of ether oxygens (including phenoxy) is 1. The molecule has 1 aromatic carbocycles. The first-order valence-electron chi connectivity index (χ1n) is 6.25. The van der Waals surface area contributed by atoms with E-state index in [4.69, 9.17) is 5.11 Å². The Morgan fingerprint density at radius 1 is 1.14 bits per heavy atom. The molecule has 0 bridgehead atoms. The van der Waals surface area contributed by atoms with Crippen LogP contribution in [-0.2, 0) is 14.3 Å². The minimum absolute atomic E-state index is 0.487. The highest BCUT2D eigenvalue weighted by atomic mass is 16.5. The summed E-state index contributed by atoms with van der Waals surface area (Å²) in [4.78, 5) is 34.9. The summed E-state index contributed by atoms with van der Waals surface area (Å²) in [6, 6.07) is 5.00. The van der Waals surface area contributed by atoms with E-state index < -0.39 is 31.1 Å². The lowest BCUT2D eigenvalue weighted by Crippen LogP contribution is -2.42. The van der Waals surface area contributed by atoms with Gasteiger partial charge in [-0.05, 0) is 37.1 Å². The number of anilines is 1. The van der Waals surface area contributed by atoms with E-state index in [1.165, 1.54) is 11.9 Å². The first-order valence-corrected chi connectivity index (χ1v) is 6.25. The van der Waals surface area contributed by atoms with Crippen molar-refractivity contribution in [2.75, 3.05) is 25.2 Å². The molecule has 0 fully saturated rings. The molecule has 0 radical (unpaired) electrons. The summed E-state index contributed by atoms with van der Waals surface area (Å²) >= 11 is 0. The predicted molar refractivity (Wildman–Crippen MR) is 76.3 cm³/mol. The van der Waals surface area contributed by atoms with Crippen LogP contribution in [0.2, 0.25) is 0 Å². The van der Waals surface area contributed by atoms with Gasteiger partial charge in [-0.25, -0.2) is 9.59 Å². The van der Waals surface area contributed by atoms with Crippen molar-refractivity contribution in [3.63, 3.8) is 0 Å². The van der Waals surface area contributed by atoms with Crippen molar-refractivity contribution in [3.8, 4) is 0 Å². The van der Waals surface area contributed by atoms with E-state index in [0.29, 0.717) is 5.69 Å². The minimum Gasteiger partial charge on any atom is -0.480 e. The lowest BCUT2D eigenvalue weighted by atomic mass is 10.1. The Bertz CT molecular complexity index is 536. The summed E-state index contributed by atoms with van der Waals surface area (Å²) < 4.78 is 4.60. The van der Waals surface area contributed by atoms with Crippen LogP contribution in [0, 0.1) is 13.8 Å². The molecule has 3 amide bonds. The summed E-state index contributed by atoms with van der Waals surface area (Å²) in [5.41, 5.74) is 2.66. The topological polar surface area (TPSA) is 95.9 Å². The third-order valence-corrected chi connectivity index (χ3v) is 2.60. The number of amides is 3. The smallest absolute Gasteiger partial charge is 0.329 e. The zero-order valence-corrected chi connectivity index (χ0v) is 12.2. The number of hydrogen-bond acceptors (Lipinski definition) is 4. The summed E-state index contributed by atoms with van der Waals surface area (Å²) in [5.74, 6) is -1.88. The van der Waals surface area contributed by atoms with E-state index in [1.807, 2.05) is 32.0 Å². The largest absolute Gasteiger partial charge is 0.480 e. The molecule has 0 aliphatic carbocycles. The second-order valence-electron chi connectivity index (χ2n) is 4.64. The van der Waals surface area contributed by atoms with Crippen LogP contribution in [-0.4, -0.2) is 43.3 Å². The lowest BCUT2D eigenvalue weighted by Gasteiger charge is -2.18. The third-order valence-electron chi connectivity index (χ3n) is 2.60. The van der Waals surface area contributed by atoms with Crippen LogP contribution in [0.15, 0.2) is 18.2 Å². The van der Waals surface area contributed by atoms with Crippen LogP contribution < -0.4 is 10.2 Å². The Labute approximate surface area is 122 Å². The molecule has 114 valence electrons. The van der Waals surface area contributed by atoms with Crippen LogP contribution in [0.25, 0.3) is 0 Å². The number of carboxylic acids is 1. The van der Waals surface area contributed by atoms with Gasteiger partial charge in [0.15, 0.2) is 0 Å². The Morgan fingerprint density at radius 2 is 1.71 bits per heavy atom. The summed E-state index contributed by atoms with van der Waals surface area (Å²) in [5, 5.41) is 10.5. The highest BCUT2D eigenvalue weighted by molar-refractivity contribution is 6.02. The maximum atomic E-state index is 11.9. The van der Waals surface area contributed by atoms with Crippen LogP contribution in [0.3, 0.4) is 0 Å². The van der Waals surface area contributed by atoms with Gasteiger partial charge in [0, 0.05) is 12.7 Å². The number of imide groups is 1. The number of nitrogens with zero attached hydrogens (tertiary/aromatic N) is 1. The second-order valence-corrected chi connectivity index (χ2v) is 4.64. The summed E-state index contributed by atoms with van der Waals surface area (Å²) in [6.45, 7) is 2.74. The van der Waals surface area contributed by atoms with Crippen molar-refractivity contribution < 1.29 is 24.2 Å². The van der Waals surface area contributed by atoms with Crippen molar-refractivity contribution in [2.45, 2.75) is 13.8 Å². The number of hydrogen-bond donors (Lipinski definition) is 2. The molecule has 0 atom stereocenters. The SMILES string of the molecule is Cc1cc(C)cc(N(C)C(=O)NC(=O)COCC(=O)O)c1. The van der Waals surface area contributed by atoms with Crippen LogP contribution >= 0.6 is 0 Å². The monoisotopic (exact) mass is 294 g/mol. The average molecular weight is 294 g/mol. The number of nitrogens with one attached hydrogen (secondary N) is 1. The van der Waals surface area contributed by atoms with E-state index in [9.17, 15) is 14.4 Å². The molecule has 0 aliphatic heterocycles. The number of aliphatic carboxylic acids is 1. The fourth-order valence-corrected chi connectivity index (χ4v) is 1.73. The summed E-state index contributed by atoms with van der Waals surface area (Å²) in [7, 11) is 1.54. The number of rotatable bonds is 5. The first-order chi connectivity index (χ1) is 9.79. The summed E-state index contributed by atoms with van der Waals surface area (Å²) in [6.07, 6.45) is 0. The fourth-order valence-electron chi connectivity index (χ4n) is 1.73. The number of carbonyl (C=O) groups is 3. The second kappa shape index (κ2) is 7.39. The first kappa shape index (κ1) is 16.6. The van der Waals surface area contributed by atoms with E-state index in [0.717, 1.165) is 11.1 Å². The van der Waals surface area contributed by atoms with E-state index in [-0.39, 0.29) is 0 Å². The highest BCUT2D eigenvalue weighted by Gasteiger charge is 2.15. The van der Waals surface area contributed by atoms with Gasteiger partial charge in [0.25, 0.3) is 5.91 Å². The average Bonchev–Trinajstić information content (AvgIpc) is 2.35. The number of urea groups is 1. The zero-order valence-electron chi connectivity index (χ0n) is 12.2. The van der Waals surface area contributed by atoms with E-state index in [1.54, 1.807) is 0 Å². The number of benzene rings is 1. The molecule has 0 unspecified atom stereocenters. The van der Waals surface area contributed by atoms with Gasteiger partial charge in [-0.3, -0.25) is 15.0 Å². The fraction of sp³-hybridized carbons (Fsp3) is 0.357. The lowest BCUT2D eigenvalue weighted by molar-refractivity contribution is -0.143. The van der Waals surface area contributed by atoms with Gasteiger partial charge in [-0.2, -0.15) is 0 Å². The van der Waals surface area contributed by atoms with Gasteiger partial charge in [-0.1, -0.05) is 6.07 Å². The van der Waals surface area contributed by atoms with E-state index >= 15 is 0 Å². The van der Waals surface area contributed by atoms with Gasteiger partial charge >= 0.3 is 12.0 Å². The van der Waals surface area contributed by atoms with Gasteiger partial charge in [-0.15, -0.1) is 0 Å². The molecule has 1 rings (SSSR count). The van der Waals surface area contributed by atoms with Crippen LogP contribution in [0.5, 0.6) is 0 Å². The zero-order chi connectivity index (χ0) is 16.0. The van der Waals surface area contributed by atoms with Gasteiger partial charge in [0.05, 0.1) is 0 Å². The Kier molecular flexibility index (Phi) is 5.86. The molecule has 1 aromatic rings.